The molecule has 5 heterocycles. The van der Waals surface area contributed by atoms with Crippen LogP contribution in [0.4, 0.5) is 23.4 Å². The van der Waals surface area contributed by atoms with E-state index in [1.807, 2.05) is 13.8 Å². The Labute approximate surface area is 249 Å². The van der Waals surface area contributed by atoms with Gasteiger partial charge in [-0.3, -0.25) is 9.88 Å². The summed E-state index contributed by atoms with van der Waals surface area (Å²) in [6, 6.07) is -0.223. The Hall–Kier alpha value is -3.01. The topological polar surface area (TPSA) is 94.8 Å². The van der Waals surface area contributed by atoms with Crippen LogP contribution in [-0.2, 0) is 0 Å². The van der Waals surface area contributed by atoms with E-state index < -0.39 is 48.4 Å². The maximum absolute atomic E-state index is 16.5. The Morgan fingerprint density at radius 3 is 2.72 bits per heavy atom. The molecular formula is C31H39F4N5O3. The normalized spacial score (nSPS) is 27.0. The molecule has 2 aromatic rings. The molecule has 4 atom stereocenters. The van der Waals surface area contributed by atoms with Gasteiger partial charge in [0.15, 0.2) is 5.82 Å². The zero-order valence-corrected chi connectivity index (χ0v) is 24.6. The van der Waals surface area contributed by atoms with Crippen LogP contribution in [0.5, 0.6) is 6.01 Å². The fourth-order valence-electron chi connectivity index (χ4n) is 6.97. The van der Waals surface area contributed by atoms with Gasteiger partial charge in [0.2, 0.25) is 0 Å². The van der Waals surface area contributed by atoms with Crippen LogP contribution in [0.1, 0.15) is 64.5 Å². The number of aromatic nitrogens is 3. The standard InChI is InChI=1S/C31H39F4N5O3/c1-4-19(16-41)22(5-2)23(6-3)26-25(33)27-24(13-36-26)28(39-15-21(42)8-10-31(34,35)17-39)38-29(37-27)43-18-30-9-7-11-40(30)14-20(32)12-30/h1,13,19-21,41-42H,5-12,14-18H2,2-3H3/b23-22-/t19?,20-,21-,30+/m1/s1. The lowest BCUT2D eigenvalue weighted by atomic mass is 9.89. The highest BCUT2D eigenvalue weighted by atomic mass is 19.3. The monoisotopic (exact) mass is 605 g/mol. The molecule has 0 bridgehead atoms. The highest BCUT2D eigenvalue weighted by molar-refractivity contribution is 5.91. The third kappa shape index (κ3) is 6.17. The van der Waals surface area contributed by atoms with E-state index in [1.165, 1.54) is 11.1 Å². The van der Waals surface area contributed by atoms with Crippen molar-refractivity contribution in [1.82, 2.24) is 19.9 Å². The van der Waals surface area contributed by atoms with E-state index >= 15 is 4.39 Å². The number of fused-ring (bicyclic) bond motifs is 2. The minimum absolute atomic E-state index is 0.00555. The van der Waals surface area contributed by atoms with Crippen LogP contribution >= 0.6 is 0 Å². The van der Waals surface area contributed by atoms with Gasteiger partial charge in [0.1, 0.15) is 29.8 Å². The van der Waals surface area contributed by atoms with E-state index in [1.54, 1.807) is 0 Å². The summed E-state index contributed by atoms with van der Waals surface area (Å²) >= 11 is 0. The van der Waals surface area contributed by atoms with Crippen LogP contribution in [0.25, 0.3) is 16.5 Å². The molecule has 12 heteroatoms. The van der Waals surface area contributed by atoms with Crippen LogP contribution < -0.4 is 9.64 Å². The SMILES string of the molecule is C#CC(CO)/C(CC)=C(/CC)c1ncc2c(N3C[C@H](O)CCC(F)(F)C3)nc(OC[C@@]34CCCN3C[C@H](F)C4)nc2c1F. The van der Waals surface area contributed by atoms with Gasteiger partial charge in [0, 0.05) is 32.1 Å². The number of hydrogen-bond acceptors (Lipinski definition) is 8. The van der Waals surface area contributed by atoms with Gasteiger partial charge < -0.3 is 19.8 Å². The fraction of sp³-hybridized carbons (Fsp3) is 0.645. The van der Waals surface area contributed by atoms with Crippen molar-refractivity contribution in [2.45, 2.75) is 82.5 Å². The second kappa shape index (κ2) is 12.5. The number of aliphatic hydroxyl groups is 2. The predicted octanol–water partition coefficient (Wildman–Crippen LogP) is 4.53. The molecule has 0 aliphatic carbocycles. The molecule has 2 aromatic heterocycles. The van der Waals surface area contributed by atoms with Gasteiger partial charge in [-0.2, -0.15) is 9.97 Å². The number of halogens is 4. The van der Waals surface area contributed by atoms with Crippen molar-refractivity contribution < 1.29 is 32.5 Å². The van der Waals surface area contributed by atoms with Crippen LogP contribution in [0.2, 0.25) is 0 Å². The molecule has 234 valence electrons. The van der Waals surface area contributed by atoms with Crippen LogP contribution in [0, 0.1) is 24.1 Å². The van der Waals surface area contributed by atoms with E-state index in [-0.39, 0.29) is 54.6 Å². The molecule has 3 aliphatic heterocycles. The highest BCUT2D eigenvalue weighted by Crippen LogP contribution is 2.41. The molecule has 3 fully saturated rings. The van der Waals surface area contributed by atoms with Crippen molar-refractivity contribution in [3.05, 3.63) is 23.3 Å². The number of aliphatic hydroxyl groups excluding tert-OH is 2. The number of β-amino-alcohol motifs (C(OH)–C–C–N with tert-alkyl or cyclic N) is 1. The average molecular weight is 606 g/mol. The van der Waals surface area contributed by atoms with Gasteiger partial charge in [-0.05, 0) is 49.8 Å². The predicted molar refractivity (Wildman–Crippen MR) is 155 cm³/mol. The number of rotatable bonds is 9. The molecule has 1 unspecified atom stereocenters. The van der Waals surface area contributed by atoms with Gasteiger partial charge in [-0.25, -0.2) is 17.6 Å². The Morgan fingerprint density at radius 2 is 2.02 bits per heavy atom. The smallest absolute Gasteiger partial charge is 0.319 e. The molecular weight excluding hydrogens is 566 g/mol. The summed E-state index contributed by atoms with van der Waals surface area (Å²) in [5.74, 6) is -2.01. The molecule has 0 aromatic carbocycles. The molecule has 8 nitrogen and oxygen atoms in total. The third-order valence-corrected chi connectivity index (χ3v) is 9.08. The van der Waals surface area contributed by atoms with Gasteiger partial charge in [0.05, 0.1) is 36.1 Å². The molecule has 2 N–H and O–H groups in total. The van der Waals surface area contributed by atoms with Gasteiger partial charge in [-0.1, -0.05) is 19.8 Å². The number of terminal acetylenes is 1. The van der Waals surface area contributed by atoms with Crippen LogP contribution in [-0.4, -0.2) is 93.2 Å². The third-order valence-electron chi connectivity index (χ3n) is 9.08. The first kappa shape index (κ1) is 31.4. The Bertz CT molecular complexity index is 1420. The highest BCUT2D eigenvalue weighted by Gasteiger charge is 2.49. The first-order valence-electron chi connectivity index (χ1n) is 15.0. The lowest BCUT2D eigenvalue weighted by Gasteiger charge is -2.31. The number of anilines is 1. The molecule has 3 saturated heterocycles. The van der Waals surface area contributed by atoms with E-state index in [2.05, 4.69) is 25.8 Å². The van der Waals surface area contributed by atoms with E-state index in [4.69, 9.17) is 11.2 Å². The second-order valence-corrected chi connectivity index (χ2v) is 11.9. The number of pyridine rings is 1. The second-order valence-electron chi connectivity index (χ2n) is 11.9. The van der Waals surface area contributed by atoms with Crippen LogP contribution in [0.3, 0.4) is 0 Å². The number of allylic oxidation sites excluding steroid dienone is 1. The summed E-state index contributed by atoms with van der Waals surface area (Å²) in [4.78, 5) is 16.5. The van der Waals surface area contributed by atoms with Crippen molar-refractivity contribution in [1.29, 1.82) is 0 Å². The average Bonchev–Trinajstić information content (AvgIpc) is 3.46. The summed E-state index contributed by atoms with van der Waals surface area (Å²) in [5, 5.41) is 20.4. The molecule has 0 radical (unpaired) electrons. The van der Waals surface area contributed by atoms with Crippen molar-refractivity contribution in [3.8, 4) is 18.4 Å². The van der Waals surface area contributed by atoms with Gasteiger partial charge in [0.25, 0.3) is 5.92 Å². The minimum Gasteiger partial charge on any atom is -0.461 e. The molecule has 0 saturated carbocycles. The summed E-state index contributed by atoms with van der Waals surface area (Å²) in [6.07, 6.45) is 7.10. The summed E-state index contributed by atoms with van der Waals surface area (Å²) in [7, 11) is 0. The number of alkyl halides is 3. The molecule has 0 amide bonds. The molecule has 3 aliphatic rings. The number of ether oxygens (including phenoxy) is 1. The van der Waals surface area contributed by atoms with Gasteiger partial charge >= 0.3 is 6.01 Å². The number of nitrogens with zero attached hydrogens (tertiary/aromatic N) is 5. The quantitative estimate of drug-likeness (QED) is 0.318. The minimum atomic E-state index is -3.12. The first-order valence-corrected chi connectivity index (χ1v) is 15.0. The Morgan fingerprint density at radius 1 is 1.23 bits per heavy atom. The lowest BCUT2D eigenvalue weighted by molar-refractivity contribution is -0.00117. The Balaban J connectivity index is 1.64. The van der Waals surface area contributed by atoms with Crippen molar-refractivity contribution in [2.24, 2.45) is 5.92 Å². The van der Waals surface area contributed by atoms with E-state index in [0.717, 1.165) is 19.4 Å². The molecule has 43 heavy (non-hydrogen) atoms. The van der Waals surface area contributed by atoms with Crippen molar-refractivity contribution in [2.75, 3.05) is 44.3 Å². The number of hydrogen-bond donors (Lipinski definition) is 2. The summed E-state index contributed by atoms with van der Waals surface area (Å²) in [6.45, 7) is 3.62. The van der Waals surface area contributed by atoms with Crippen molar-refractivity contribution in [3.63, 3.8) is 0 Å². The fourth-order valence-corrected chi connectivity index (χ4v) is 6.97. The first-order chi connectivity index (χ1) is 20.5. The largest absolute Gasteiger partial charge is 0.461 e. The van der Waals surface area contributed by atoms with Gasteiger partial charge in [-0.15, -0.1) is 6.42 Å². The van der Waals surface area contributed by atoms with E-state index in [0.29, 0.717) is 37.0 Å². The maximum Gasteiger partial charge on any atom is 0.319 e. The molecule has 5 rings (SSSR count). The summed E-state index contributed by atoms with van der Waals surface area (Å²) in [5.41, 5.74) is 0.480. The van der Waals surface area contributed by atoms with Crippen molar-refractivity contribution >= 4 is 22.3 Å². The lowest BCUT2D eigenvalue weighted by Crippen LogP contribution is -2.43. The maximum atomic E-state index is 16.5. The molecule has 0 spiro atoms. The zero-order valence-electron chi connectivity index (χ0n) is 24.6. The Kier molecular flexibility index (Phi) is 9.16. The summed E-state index contributed by atoms with van der Waals surface area (Å²) < 4.78 is 66.5. The van der Waals surface area contributed by atoms with E-state index in [9.17, 15) is 23.4 Å². The van der Waals surface area contributed by atoms with Crippen LogP contribution in [0.15, 0.2) is 11.8 Å². The zero-order chi connectivity index (χ0) is 30.9.